The van der Waals surface area contributed by atoms with Gasteiger partial charge in [-0.25, -0.2) is 4.79 Å². The first kappa shape index (κ1) is 10.7. The molecule has 0 heterocycles. The SMILES string of the molecule is COC(=O)c1cccc(C2C[C@@H]2C(=O)O)c1. The molecule has 1 aromatic rings. The first-order chi connectivity index (χ1) is 7.63. The predicted octanol–water partition coefficient (Wildman–Crippen LogP) is 1.66. The van der Waals surface area contributed by atoms with Crippen LogP contribution in [0.2, 0.25) is 0 Å². The van der Waals surface area contributed by atoms with Crippen LogP contribution in [-0.2, 0) is 9.53 Å². The quantitative estimate of drug-likeness (QED) is 0.787. The Balaban J connectivity index is 2.18. The van der Waals surface area contributed by atoms with Gasteiger partial charge in [0.2, 0.25) is 0 Å². The number of esters is 1. The molecule has 1 N–H and O–H groups in total. The summed E-state index contributed by atoms with van der Waals surface area (Å²) < 4.78 is 4.61. The standard InChI is InChI=1S/C12H12O4/c1-16-12(15)8-4-2-3-7(5-8)9-6-10(9)11(13)14/h2-5,9-10H,6H2,1H3,(H,13,14)/t9?,10-/m0/s1. The lowest BCUT2D eigenvalue weighted by atomic mass is 10.1. The highest BCUT2D eigenvalue weighted by atomic mass is 16.5. The van der Waals surface area contributed by atoms with Gasteiger partial charge in [-0.1, -0.05) is 12.1 Å². The van der Waals surface area contributed by atoms with Crippen LogP contribution < -0.4 is 0 Å². The summed E-state index contributed by atoms with van der Waals surface area (Å²) in [6.45, 7) is 0. The van der Waals surface area contributed by atoms with Gasteiger partial charge in [0.15, 0.2) is 0 Å². The zero-order valence-corrected chi connectivity index (χ0v) is 8.84. The van der Waals surface area contributed by atoms with Crippen LogP contribution in [0, 0.1) is 5.92 Å². The Labute approximate surface area is 92.8 Å². The molecule has 1 saturated carbocycles. The van der Waals surface area contributed by atoms with E-state index < -0.39 is 11.9 Å². The Bertz CT molecular complexity index is 438. The summed E-state index contributed by atoms with van der Waals surface area (Å²) in [6, 6.07) is 6.96. The first-order valence-corrected chi connectivity index (χ1v) is 5.04. The van der Waals surface area contributed by atoms with E-state index in [1.165, 1.54) is 7.11 Å². The fourth-order valence-corrected chi connectivity index (χ4v) is 1.85. The van der Waals surface area contributed by atoms with Crippen LogP contribution in [0.1, 0.15) is 28.3 Å². The van der Waals surface area contributed by atoms with Crippen LogP contribution in [0.25, 0.3) is 0 Å². The van der Waals surface area contributed by atoms with Crippen LogP contribution in [0.3, 0.4) is 0 Å². The Morgan fingerprint density at radius 3 is 2.75 bits per heavy atom. The van der Waals surface area contributed by atoms with E-state index >= 15 is 0 Å². The van der Waals surface area contributed by atoms with Crippen molar-refractivity contribution in [1.82, 2.24) is 0 Å². The molecule has 16 heavy (non-hydrogen) atoms. The van der Waals surface area contributed by atoms with Crippen molar-refractivity contribution >= 4 is 11.9 Å². The van der Waals surface area contributed by atoms with Gasteiger partial charge >= 0.3 is 11.9 Å². The average molecular weight is 220 g/mol. The Morgan fingerprint density at radius 1 is 1.44 bits per heavy atom. The van der Waals surface area contributed by atoms with Crippen LogP contribution in [-0.4, -0.2) is 24.2 Å². The van der Waals surface area contributed by atoms with E-state index in [0.29, 0.717) is 12.0 Å². The third-order valence-electron chi connectivity index (χ3n) is 2.84. The zero-order valence-electron chi connectivity index (χ0n) is 8.84. The molecule has 2 rings (SSSR count). The van der Waals surface area contributed by atoms with Gasteiger partial charge in [-0.05, 0) is 30.0 Å². The van der Waals surface area contributed by atoms with Crippen LogP contribution in [0.5, 0.6) is 0 Å². The molecule has 1 aliphatic carbocycles. The molecule has 84 valence electrons. The second-order valence-corrected chi connectivity index (χ2v) is 3.90. The molecular weight excluding hydrogens is 208 g/mol. The van der Waals surface area contributed by atoms with Crippen molar-refractivity contribution in [2.45, 2.75) is 12.3 Å². The molecule has 0 radical (unpaired) electrons. The first-order valence-electron chi connectivity index (χ1n) is 5.04. The Morgan fingerprint density at radius 2 is 2.19 bits per heavy atom. The molecule has 0 spiro atoms. The Hall–Kier alpha value is -1.84. The van der Waals surface area contributed by atoms with Crippen molar-refractivity contribution in [3.8, 4) is 0 Å². The molecular formula is C12H12O4. The van der Waals surface area contributed by atoms with Crippen molar-refractivity contribution in [2.24, 2.45) is 5.92 Å². The minimum atomic E-state index is -0.770. The summed E-state index contributed by atoms with van der Waals surface area (Å²) >= 11 is 0. The number of aliphatic carboxylic acids is 1. The molecule has 1 aromatic carbocycles. The van der Waals surface area contributed by atoms with Crippen LogP contribution in [0.4, 0.5) is 0 Å². The lowest BCUT2D eigenvalue weighted by Crippen LogP contribution is -2.02. The third-order valence-corrected chi connectivity index (χ3v) is 2.84. The molecule has 0 aromatic heterocycles. The van der Waals surface area contributed by atoms with Gasteiger partial charge in [0.1, 0.15) is 0 Å². The van der Waals surface area contributed by atoms with Gasteiger partial charge in [-0.2, -0.15) is 0 Å². The van der Waals surface area contributed by atoms with E-state index in [0.717, 1.165) is 5.56 Å². The van der Waals surface area contributed by atoms with E-state index in [9.17, 15) is 9.59 Å². The normalized spacial score (nSPS) is 22.6. The fourth-order valence-electron chi connectivity index (χ4n) is 1.85. The van der Waals surface area contributed by atoms with Gasteiger partial charge in [-0.15, -0.1) is 0 Å². The maximum atomic E-state index is 11.3. The number of hydrogen-bond acceptors (Lipinski definition) is 3. The zero-order chi connectivity index (χ0) is 11.7. The summed E-state index contributed by atoms with van der Waals surface area (Å²) in [5, 5.41) is 8.82. The van der Waals surface area contributed by atoms with Gasteiger partial charge in [-0.3, -0.25) is 4.79 Å². The molecule has 4 heteroatoms. The largest absolute Gasteiger partial charge is 0.481 e. The van der Waals surface area contributed by atoms with Gasteiger partial charge in [0, 0.05) is 0 Å². The van der Waals surface area contributed by atoms with Crippen molar-refractivity contribution in [1.29, 1.82) is 0 Å². The minimum Gasteiger partial charge on any atom is -0.481 e. The lowest BCUT2D eigenvalue weighted by Gasteiger charge is -2.02. The van der Waals surface area contributed by atoms with Crippen molar-refractivity contribution in [2.75, 3.05) is 7.11 Å². The van der Waals surface area contributed by atoms with Crippen LogP contribution in [0.15, 0.2) is 24.3 Å². The highest BCUT2D eigenvalue weighted by molar-refractivity contribution is 5.89. The topological polar surface area (TPSA) is 63.6 Å². The number of benzene rings is 1. The molecule has 0 amide bonds. The molecule has 1 fully saturated rings. The summed E-state index contributed by atoms with van der Waals surface area (Å²) in [5.74, 6) is -1.42. The van der Waals surface area contributed by atoms with Crippen molar-refractivity contribution in [3.63, 3.8) is 0 Å². The number of ether oxygens (including phenoxy) is 1. The maximum Gasteiger partial charge on any atom is 0.337 e. The number of carbonyl (C=O) groups excluding carboxylic acids is 1. The molecule has 0 saturated heterocycles. The molecule has 2 atom stereocenters. The second-order valence-electron chi connectivity index (χ2n) is 3.90. The van der Waals surface area contributed by atoms with Gasteiger partial charge in [0.25, 0.3) is 0 Å². The number of carbonyl (C=O) groups is 2. The summed E-state index contributed by atoms with van der Waals surface area (Å²) in [5.41, 5.74) is 1.37. The number of carboxylic acids is 1. The summed E-state index contributed by atoms with van der Waals surface area (Å²) in [6.07, 6.45) is 0.653. The minimum absolute atomic E-state index is 0.0436. The smallest absolute Gasteiger partial charge is 0.337 e. The number of carboxylic acid groups (broad SMARTS) is 1. The average Bonchev–Trinajstić information content (AvgIpc) is 3.08. The third kappa shape index (κ3) is 1.91. The van der Waals surface area contributed by atoms with Gasteiger partial charge in [0.05, 0.1) is 18.6 Å². The van der Waals surface area contributed by atoms with E-state index in [1.807, 2.05) is 6.07 Å². The van der Waals surface area contributed by atoms with Gasteiger partial charge < -0.3 is 9.84 Å². The summed E-state index contributed by atoms with van der Waals surface area (Å²) in [7, 11) is 1.33. The molecule has 1 aliphatic rings. The van der Waals surface area contributed by atoms with E-state index in [2.05, 4.69) is 4.74 Å². The van der Waals surface area contributed by atoms with E-state index in [-0.39, 0.29) is 11.8 Å². The highest BCUT2D eigenvalue weighted by Gasteiger charge is 2.44. The van der Waals surface area contributed by atoms with Crippen molar-refractivity contribution < 1.29 is 19.4 Å². The predicted molar refractivity (Wildman–Crippen MR) is 56.3 cm³/mol. The number of rotatable bonds is 3. The number of hydrogen-bond donors (Lipinski definition) is 1. The van der Waals surface area contributed by atoms with Crippen molar-refractivity contribution in [3.05, 3.63) is 35.4 Å². The molecule has 4 nitrogen and oxygen atoms in total. The monoisotopic (exact) mass is 220 g/mol. The van der Waals surface area contributed by atoms with Crippen LogP contribution >= 0.6 is 0 Å². The maximum absolute atomic E-state index is 11.3. The molecule has 0 bridgehead atoms. The van der Waals surface area contributed by atoms with E-state index in [4.69, 9.17) is 5.11 Å². The summed E-state index contributed by atoms with van der Waals surface area (Å²) in [4.78, 5) is 22.0. The fraction of sp³-hybridized carbons (Fsp3) is 0.333. The molecule has 0 aliphatic heterocycles. The van der Waals surface area contributed by atoms with E-state index in [1.54, 1.807) is 18.2 Å². The number of methoxy groups -OCH3 is 1. The second kappa shape index (κ2) is 3.96. The molecule has 1 unspecified atom stereocenters. The highest BCUT2D eigenvalue weighted by Crippen LogP contribution is 2.47. The lowest BCUT2D eigenvalue weighted by molar-refractivity contribution is -0.138. The Kier molecular flexibility index (Phi) is 2.64.